The first kappa shape index (κ1) is 10.9. The third-order valence-electron chi connectivity index (χ3n) is 2.18. The van der Waals surface area contributed by atoms with Gasteiger partial charge in [0.05, 0.1) is 7.11 Å². The topological polar surface area (TPSA) is 55.5 Å². The molecule has 0 aliphatic carbocycles. The molecule has 3 N–H and O–H groups in total. The Morgan fingerprint density at radius 2 is 2.14 bits per heavy atom. The Morgan fingerprint density at radius 1 is 1.50 bits per heavy atom. The molecule has 0 saturated carbocycles. The predicted octanol–water partition coefficient (Wildman–Crippen LogP) is 1.60. The Bertz CT molecular complexity index is 321. The van der Waals surface area contributed by atoms with E-state index in [4.69, 9.17) is 10.5 Å². The minimum atomic E-state index is 0.114. The first-order chi connectivity index (χ1) is 6.54. The second-order valence-electron chi connectivity index (χ2n) is 3.63. The van der Waals surface area contributed by atoms with E-state index in [-0.39, 0.29) is 11.8 Å². The van der Waals surface area contributed by atoms with Crippen LogP contribution in [0, 0.1) is 6.92 Å². The highest BCUT2D eigenvalue weighted by Crippen LogP contribution is 2.29. The summed E-state index contributed by atoms with van der Waals surface area (Å²) in [5, 5.41) is 9.49. The number of aromatic hydroxyl groups is 1. The van der Waals surface area contributed by atoms with Gasteiger partial charge in [-0.15, -0.1) is 0 Å². The number of nitrogens with two attached hydrogens (primary N) is 1. The van der Waals surface area contributed by atoms with Crippen molar-refractivity contribution in [2.45, 2.75) is 26.3 Å². The molecule has 3 heteroatoms. The van der Waals surface area contributed by atoms with Crippen LogP contribution >= 0.6 is 0 Å². The molecule has 1 aromatic rings. The lowest BCUT2D eigenvalue weighted by Gasteiger charge is -2.11. The monoisotopic (exact) mass is 195 g/mol. The molecule has 0 heterocycles. The average molecular weight is 195 g/mol. The second kappa shape index (κ2) is 4.33. The predicted molar refractivity (Wildman–Crippen MR) is 56.7 cm³/mol. The Hall–Kier alpha value is -1.22. The van der Waals surface area contributed by atoms with Gasteiger partial charge in [0.1, 0.15) is 0 Å². The maximum Gasteiger partial charge on any atom is 0.160 e. The first-order valence-corrected chi connectivity index (χ1v) is 4.66. The molecule has 78 valence electrons. The van der Waals surface area contributed by atoms with Crippen molar-refractivity contribution in [3.8, 4) is 11.5 Å². The number of hydrogen-bond acceptors (Lipinski definition) is 3. The van der Waals surface area contributed by atoms with Crippen LogP contribution in [-0.2, 0) is 6.42 Å². The highest BCUT2D eigenvalue weighted by Gasteiger charge is 2.08. The van der Waals surface area contributed by atoms with Gasteiger partial charge >= 0.3 is 0 Å². The molecule has 0 fully saturated rings. The number of phenols is 1. The van der Waals surface area contributed by atoms with Gasteiger partial charge in [-0.2, -0.15) is 0 Å². The van der Waals surface area contributed by atoms with Gasteiger partial charge in [-0.25, -0.2) is 0 Å². The minimum Gasteiger partial charge on any atom is -0.504 e. The van der Waals surface area contributed by atoms with Crippen molar-refractivity contribution in [2.75, 3.05) is 7.11 Å². The zero-order valence-electron chi connectivity index (χ0n) is 8.87. The molecule has 0 aromatic heterocycles. The number of aryl methyl sites for hydroxylation is 1. The zero-order valence-corrected chi connectivity index (χ0v) is 8.87. The Labute approximate surface area is 84.5 Å². The molecule has 0 aliphatic heterocycles. The van der Waals surface area contributed by atoms with Gasteiger partial charge in [-0.1, -0.05) is 0 Å². The number of hydrogen-bond donors (Lipinski definition) is 2. The van der Waals surface area contributed by atoms with Gasteiger partial charge < -0.3 is 15.6 Å². The van der Waals surface area contributed by atoms with Crippen molar-refractivity contribution in [3.63, 3.8) is 0 Å². The van der Waals surface area contributed by atoms with Crippen molar-refractivity contribution in [1.29, 1.82) is 0 Å². The van der Waals surface area contributed by atoms with E-state index in [1.807, 2.05) is 19.9 Å². The maximum absolute atomic E-state index is 9.49. The zero-order chi connectivity index (χ0) is 10.7. The highest BCUT2D eigenvalue weighted by atomic mass is 16.5. The molecule has 0 spiro atoms. The van der Waals surface area contributed by atoms with Crippen LogP contribution in [0.1, 0.15) is 18.1 Å². The lowest BCUT2D eigenvalue weighted by atomic mass is 10.0. The summed E-state index contributed by atoms with van der Waals surface area (Å²) in [5.41, 5.74) is 7.88. The van der Waals surface area contributed by atoms with Gasteiger partial charge in [0.2, 0.25) is 0 Å². The molecule has 0 bridgehead atoms. The SMILES string of the molecule is COc1cc(CC(C)N)c(C)cc1O. The molecule has 0 aliphatic rings. The van der Waals surface area contributed by atoms with Crippen LogP contribution in [0.2, 0.25) is 0 Å². The lowest BCUT2D eigenvalue weighted by molar-refractivity contribution is 0.372. The average Bonchev–Trinajstić information content (AvgIpc) is 2.09. The van der Waals surface area contributed by atoms with E-state index in [2.05, 4.69) is 0 Å². The molecule has 1 atom stereocenters. The highest BCUT2D eigenvalue weighted by molar-refractivity contribution is 5.46. The summed E-state index contributed by atoms with van der Waals surface area (Å²) in [6.45, 7) is 3.91. The van der Waals surface area contributed by atoms with Crippen LogP contribution in [0.5, 0.6) is 11.5 Å². The van der Waals surface area contributed by atoms with E-state index >= 15 is 0 Å². The molecule has 14 heavy (non-hydrogen) atoms. The number of phenolic OH excluding ortho intramolecular Hbond substituents is 1. The van der Waals surface area contributed by atoms with Gasteiger partial charge in [0.25, 0.3) is 0 Å². The van der Waals surface area contributed by atoms with E-state index in [0.29, 0.717) is 5.75 Å². The van der Waals surface area contributed by atoms with Crippen molar-refractivity contribution < 1.29 is 9.84 Å². The van der Waals surface area contributed by atoms with Gasteiger partial charge in [-0.3, -0.25) is 0 Å². The molecule has 1 unspecified atom stereocenters. The van der Waals surface area contributed by atoms with E-state index < -0.39 is 0 Å². The summed E-state index contributed by atoms with van der Waals surface area (Å²) < 4.78 is 5.03. The number of benzene rings is 1. The summed E-state index contributed by atoms with van der Waals surface area (Å²) in [5.74, 6) is 0.685. The van der Waals surface area contributed by atoms with Crippen LogP contribution in [0.15, 0.2) is 12.1 Å². The van der Waals surface area contributed by atoms with E-state index in [9.17, 15) is 5.11 Å². The van der Waals surface area contributed by atoms with Crippen molar-refractivity contribution in [2.24, 2.45) is 5.73 Å². The largest absolute Gasteiger partial charge is 0.504 e. The van der Waals surface area contributed by atoms with E-state index in [1.54, 1.807) is 13.2 Å². The van der Waals surface area contributed by atoms with Gasteiger partial charge in [-0.05, 0) is 43.5 Å². The standard InChI is InChI=1S/C11H17NO2/c1-7-4-10(13)11(14-3)6-9(7)5-8(2)12/h4,6,8,13H,5,12H2,1-3H3. The Morgan fingerprint density at radius 3 is 2.64 bits per heavy atom. The number of rotatable bonds is 3. The molecule has 0 saturated heterocycles. The summed E-state index contributed by atoms with van der Waals surface area (Å²) in [6.07, 6.45) is 0.794. The summed E-state index contributed by atoms with van der Waals surface area (Å²) in [6, 6.07) is 3.66. The van der Waals surface area contributed by atoms with Crippen LogP contribution in [0.25, 0.3) is 0 Å². The lowest BCUT2D eigenvalue weighted by Crippen LogP contribution is -2.18. The number of methoxy groups -OCH3 is 1. The molecule has 0 radical (unpaired) electrons. The van der Waals surface area contributed by atoms with Crippen LogP contribution in [-0.4, -0.2) is 18.3 Å². The smallest absolute Gasteiger partial charge is 0.160 e. The third-order valence-corrected chi connectivity index (χ3v) is 2.18. The van der Waals surface area contributed by atoms with Crippen LogP contribution < -0.4 is 10.5 Å². The first-order valence-electron chi connectivity index (χ1n) is 4.66. The molecule has 0 amide bonds. The second-order valence-corrected chi connectivity index (χ2v) is 3.63. The maximum atomic E-state index is 9.49. The summed E-state index contributed by atoms with van der Waals surface area (Å²) >= 11 is 0. The Balaban J connectivity index is 3.04. The summed E-state index contributed by atoms with van der Waals surface area (Å²) in [7, 11) is 1.54. The third kappa shape index (κ3) is 2.39. The minimum absolute atomic E-state index is 0.114. The van der Waals surface area contributed by atoms with Crippen molar-refractivity contribution in [3.05, 3.63) is 23.3 Å². The van der Waals surface area contributed by atoms with Gasteiger partial charge in [0.15, 0.2) is 11.5 Å². The number of ether oxygens (including phenoxy) is 1. The molecular weight excluding hydrogens is 178 g/mol. The van der Waals surface area contributed by atoms with Crippen LogP contribution in [0.4, 0.5) is 0 Å². The fraction of sp³-hybridized carbons (Fsp3) is 0.455. The van der Waals surface area contributed by atoms with Crippen molar-refractivity contribution >= 4 is 0 Å². The van der Waals surface area contributed by atoms with Gasteiger partial charge in [0, 0.05) is 6.04 Å². The van der Waals surface area contributed by atoms with Crippen LogP contribution in [0.3, 0.4) is 0 Å². The van der Waals surface area contributed by atoms with Crippen molar-refractivity contribution in [1.82, 2.24) is 0 Å². The fourth-order valence-electron chi connectivity index (χ4n) is 1.45. The Kier molecular flexibility index (Phi) is 3.36. The normalized spacial score (nSPS) is 12.6. The van der Waals surface area contributed by atoms with E-state index in [1.165, 1.54) is 0 Å². The quantitative estimate of drug-likeness (QED) is 0.770. The molecule has 1 rings (SSSR count). The summed E-state index contributed by atoms with van der Waals surface area (Å²) in [4.78, 5) is 0. The molecule has 1 aromatic carbocycles. The molecular formula is C11H17NO2. The fourth-order valence-corrected chi connectivity index (χ4v) is 1.45. The van der Waals surface area contributed by atoms with E-state index in [0.717, 1.165) is 17.5 Å². The molecule has 3 nitrogen and oxygen atoms in total.